The Hall–Kier alpha value is -2.23. The molecule has 3 aliphatic rings. The first-order chi connectivity index (χ1) is 15.1. The molecule has 0 radical (unpaired) electrons. The number of rotatable bonds is 4. The van der Waals surface area contributed by atoms with Crippen molar-refractivity contribution in [2.75, 3.05) is 55.8 Å². The van der Waals surface area contributed by atoms with Crippen LogP contribution >= 0.6 is 0 Å². The molecule has 5 rings (SSSR count). The summed E-state index contributed by atoms with van der Waals surface area (Å²) in [5.74, 6) is 2.27. The summed E-state index contributed by atoms with van der Waals surface area (Å²) in [4.78, 5) is 19.4. The minimum atomic E-state index is -0.869. The fourth-order valence-corrected chi connectivity index (χ4v) is 6.04. The highest BCUT2D eigenvalue weighted by molar-refractivity contribution is 7.85. The molecule has 3 atom stereocenters. The van der Waals surface area contributed by atoms with E-state index in [-0.39, 0.29) is 11.9 Å². The van der Waals surface area contributed by atoms with Gasteiger partial charge in [-0.3, -0.25) is 13.9 Å². The lowest BCUT2D eigenvalue weighted by Crippen LogP contribution is -2.51. The Labute approximate surface area is 185 Å². The molecule has 3 aliphatic heterocycles. The van der Waals surface area contributed by atoms with Crippen molar-refractivity contribution in [2.45, 2.75) is 25.4 Å². The maximum absolute atomic E-state index is 12.7. The molecule has 0 bridgehead atoms. The van der Waals surface area contributed by atoms with Crippen molar-refractivity contribution in [2.24, 2.45) is 0 Å². The minimum Gasteiger partial charge on any atom is -0.354 e. The van der Waals surface area contributed by atoms with Crippen LogP contribution < -0.4 is 10.2 Å². The molecule has 3 fully saturated rings. The van der Waals surface area contributed by atoms with E-state index in [0.29, 0.717) is 24.2 Å². The maximum Gasteiger partial charge on any atom is 0.240 e. The van der Waals surface area contributed by atoms with Crippen molar-refractivity contribution >= 4 is 22.5 Å². The van der Waals surface area contributed by atoms with Gasteiger partial charge in [0.05, 0.1) is 23.3 Å². The Morgan fingerprint density at radius 3 is 2.61 bits per heavy atom. The van der Waals surface area contributed by atoms with Crippen LogP contribution in [0.5, 0.6) is 0 Å². The first-order valence-corrected chi connectivity index (χ1v) is 12.6. The molecule has 31 heavy (non-hydrogen) atoms. The summed E-state index contributed by atoms with van der Waals surface area (Å²) in [5, 5.41) is 8.13. The lowest BCUT2D eigenvalue weighted by Gasteiger charge is -2.38. The van der Waals surface area contributed by atoms with Gasteiger partial charge in [0.15, 0.2) is 0 Å². The van der Waals surface area contributed by atoms with Crippen LogP contribution in [-0.2, 0) is 15.6 Å². The normalized spacial score (nSPS) is 27.2. The predicted octanol–water partition coefficient (Wildman–Crippen LogP) is 0.582. The van der Waals surface area contributed by atoms with Crippen LogP contribution in [0.15, 0.2) is 36.4 Å². The number of carbonyl (C=O) groups is 1. The van der Waals surface area contributed by atoms with E-state index >= 15 is 0 Å². The Morgan fingerprint density at radius 1 is 1.13 bits per heavy atom. The predicted molar refractivity (Wildman–Crippen MR) is 122 cm³/mol. The van der Waals surface area contributed by atoms with E-state index in [1.807, 2.05) is 29.8 Å². The molecule has 2 aromatic rings. The van der Waals surface area contributed by atoms with Gasteiger partial charge >= 0.3 is 0 Å². The molecule has 9 heteroatoms. The van der Waals surface area contributed by atoms with Gasteiger partial charge in [0, 0.05) is 67.9 Å². The SMILES string of the molecule is Cc1cc(N2CCN([C@@H]3CN[C@H](C(=O)N4CCS(=O)C4)C3)CC2)n(-c2ccccc2)n1. The smallest absolute Gasteiger partial charge is 0.240 e. The van der Waals surface area contributed by atoms with Gasteiger partial charge in [0.25, 0.3) is 0 Å². The molecule has 0 saturated carbocycles. The summed E-state index contributed by atoms with van der Waals surface area (Å²) in [6, 6.07) is 12.7. The van der Waals surface area contributed by atoms with Crippen molar-refractivity contribution in [3.63, 3.8) is 0 Å². The first-order valence-electron chi connectivity index (χ1n) is 11.1. The van der Waals surface area contributed by atoms with Gasteiger partial charge in [-0.05, 0) is 25.5 Å². The third-order valence-electron chi connectivity index (χ3n) is 6.57. The van der Waals surface area contributed by atoms with Gasteiger partial charge in [-0.2, -0.15) is 5.10 Å². The molecule has 1 amide bonds. The number of hydrogen-bond donors (Lipinski definition) is 1. The van der Waals surface area contributed by atoms with Gasteiger partial charge in [-0.25, -0.2) is 4.68 Å². The zero-order chi connectivity index (χ0) is 21.4. The number of nitrogens with zero attached hydrogens (tertiary/aromatic N) is 5. The van der Waals surface area contributed by atoms with Crippen LogP contribution in [0.4, 0.5) is 5.82 Å². The first kappa shape index (κ1) is 20.7. The van der Waals surface area contributed by atoms with Gasteiger partial charge < -0.3 is 15.1 Å². The molecule has 1 aromatic carbocycles. The highest BCUT2D eigenvalue weighted by Crippen LogP contribution is 2.24. The molecule has 8 nitrogen and oxygen atoms in total. The molecule has 1 unspecified atom stereocenters. The Morgan fingerprint density at radius 2 is 1.90 bits per heavy atom. The topological polar surface area (TPSA) is 73.7 Å². The lowest BCUT2D eigenvalue weighted by molar-refractivity contribution is -0.131. The summed E-state index contributed by atoms with van der Waals surface area (Å²) >= 11 is 0. The van der Waals surface area contributed by atoms with Crippen LogP contribution in [0.2, 0.25) is 0 Å². The summed E-state index contributed by atoms with van der Waals surface area (Å²) in [6.45, 7) is 7.34. The average molecular weight is 443 g/mol. The average Bonchev–Trinajstić information content (AvgIpc) is 3.54. The second kappa shape index (κ2) is 8.72. The van der Waals surface area contributed by atoms with Gasteiger partial charge in [-0.15, -0.1) is 0 Å². The highest BCUT2D eigenvalue weighted by atomic mass is 32.2. The van der Waals surface area contributed by atoms with Gasteiger partial charge in [0.2, 0.25) is 5.91 Å². The molecule has 3 saturated heterocycles. The summed E-state index contributed by atoms with van der Waals surface area (Å²) in [6.07, 6.45) is 0.836. The minimum absolute atomic E-state index is 0.120. The van der Waals surface area contributed by atoms with Crippen LogP contribution in [-0.4, -0.2) is 92.7 Å². The van der Waals surface area contributed by atoms with E-state index in [4.69, 9.17) is 5.10 Å². The van der Waals surface area contributed by atoms with Crippen molar-refractivity contribution < 1.29 is 9.00 Å². The lowest BCUT2D eigenvalue weighted by atomic mass is 10.1. The zero-order valence-electron chi connectivity index (χ0n) is 17.9. The number of para-hydroxylation sites is 1. The van der Waals surface area contributed by atoms with E-state index in [0.717, 1.165) is 56.3 Å². The summed E-state index contributed by atoms with van der Waals surface area (Å²) in [7, 11) is -0.869. The number of hydrogen-bond acceptors (Lipinski definition) is 6. The van der Waals surface area contributed by atoms with Crippen LogP contribution in [0, 0.1) is 6.92 Å². The van der Waals surface area contributed by atoms with E-state index in [2.05, 4.69) is 33.3 Å². The van der Waals surface area contributed by atoms with E-state index < -0.39 is 10.8 Å². The monoisotopic (exact) mass is 442 g/mol. The van der Waals surface area contributed by atoms with Crippen molar-refractivity contribution in [3.05, 3.63) is 42.1 Å². The Kier molecular flexibility index (Phi) is 5.81. The van der Waals surface area contributed by atoms with Crippen molar-refractivity contribution in [3.8, 4) is 5.69 Å². The molecule has 166 valence electrons. The summed E-state index contributed by atoms with van der Waals surface area (Å²) < 4.78 is 13.7. The van der Waals surface area contributed by atoms with Crippen molar-refractivity contribution in [1.82, 2.24) is 24.9 Å². The van der Waals surface area contributed by atoms with E-state index in [9.17, 15) is 9.00 Å². The number of amides is 1. The third-order valence-corrected chi connectivity index (χ3v) is 7.81. The standard InChI is InChI=1S/C22H30N6O2S/c1-17-13-21(28(24-17)18-5-3-2-4-6-18)26-9-7-25(8-10-26)19-14-20(23-15-19)22(29)27-11-12-31(30)16-27/h2-6,13,19-20,23H,7-12,14-16H2,1H3/t19-,20-,31?/m0/s1. The Bertz CT molecular complexity index is 956. The zero-order valence-corrected chi connectivity index (χ0v) is 18.8. The van der Waals surface area contributed by atoms with Crippen LogP contribution in [0.3, 0.4) is 0 Å². The number of anilines is 1. The summed E-state index contributed by atoms with van der Waals surface area (Å²) in [5.41, 5.74) is 2.10. The molecule has 0 aliphatic carbocycles. The van der Waals surface area contributed by atoms with Gasteiger partial charge in [-0.1, -0.05) is 18.2 Å². The largest absolute Gasteiger partial charge is 0.354 e. The number of benzene rings is 1. The molecular weight excluding hydrogens is 412 g/mol. The fraction of sp³-hybridized carbons (Fsp3) is 0.545. The number of aryl methyl sites for hydroxylation is 1. The quantitative estimate of drug-likeness (QED) is 0.747. The second-order valence-corrected chi connectivity index (χ2v) is 10.2. The second-order valence-electron chi connectivity index (χ2n) is 8.64. The molecule has 1 aromatic heterocycles. The maximum atomic E-state index is 12.7. The van der Waals surface area contributed by atoms with E-state index in [1.165, 1.54) is 0 Å². The van der Waals surface area contributed by atoms with Crippen LogP contribution in [0.1, 0.15) is 12.1 Å². The highest BCUT2D eigenvalue weighted by Gasteiger charge is 2.37. The van der Waals surface area contributed by atoms with Crippen LogP contribution in [0.25, 0.3) is 5.69 Å². The third kappa shape index (κ3) is 4.26. The molecule has 1 N–H and O–H groups in total. The number of piperazine rings is 1. The number of carbonyl (C=O) groups excluding carboxylic acids is 1. The molecular formula is C22H30N6O2S. The van der Waals surface area contributed by atoms with Gasteiger partial charge in [0.1, 0.15) is 5.82 Å². The number of nitrogens with one attached hydrogen (secondary N) is 1. The number of aromatic nitrogens is 2. The Balaban J connectivity index is 1.19. The van der Waals surface area contributed by atoms with E-state index in [1.54, 1.807) is 4.90 Å². The fourth-order valence-electron chi connectivity index (χ4n) is 4.88. The van der Waals surface area contributed by atoms with Crippen molar-refractivity contribution in [1.29, 1.82) is 0 Å². The molecule has 4 heterocycles. The molecule has 0 spiro atoms.